The third kappa shape index (κ3) is 2.07. The molecule has 1 aliphatic rings. The van der Waals surface area contributed by atoms with Gasteiger partial charge in [-0.15, -0.1) is 0 Å². The van der Waals surface area contributed by atoms with E-state index < -0.39 is 8.07 Å². The molecule has 0 aliphatic carbocycles. The van der Waals surface area contributed by atoms with Gasteiger partial charge >= 0.3 is 0 Å². The van der Waals surface area contributed by atoms with Crippen LogP contribution in [-0.4, -0.2) is 26.2 Å². The first-order valence-corrected chi connectivity index (χ1v) is 7.83. The molecule has 0 radical (unpaired) electrons. The molecule has 72 valence electrons. The van der Waals surface area contributed by atoms with Crippen LogP contribution in [0.15, 0.2) is 0 Å². The van der Waals surface area contributed by atoms with E-state index in [1.54, 1.807) is 0 Å². The van der Waals surface area contributed by atoms with Gasteiger partial charge in [0, 0.05) is 12.4 Å². The number of nitrogens with two attached hydrogens (primary N) is 2. The number of rotatable bonds is 2. The van der Waals surface area contributed by atoms with E-state index in [1.165, 1.54) is 12.8 Å². The summed E-state index contributed by atoms with van der Waals surface area (Å²) in [6, 6.07) is 0. The van der Waals surface area contributed by atoms with Crippen LogP contribution in [-0.2, 0) is 4.74 Å². The van der Waals surface area contributed by atoms with Gasteiger partial charge in [-0.1, -0.05) is 13.1 Å². The monoisotopic (exact) mass is 188 g/mol. The van der Waals surface area contributed by atoms with E-state index in [1.807, 2.05) is 0 Å². The van der Waals surface area contributed by atoms with E-state index in [0.29, 0.717) is 5.73 Å². The second kappa shape index (κ2) is 3.87. The van der Waals surface area contributed by atoms with Crippen LogP contribution in [0, 0.1) is 0 Å². The van der Waals surface area contributed by atoms with E-state index >= 15 is 0 Å². The summed E-state index contributed by atoms with van der Waals surface area (Å²) in [6.07, 6.45) is 3.62. The van der Waals surface area contributed by atoms with Gasteiger partial charge in [0.05, 0.1) is 5.73 Å². The molecule has 0 aromatic rings. The maximum absolute atomic E-state index is 5.76. The Labute approximate surface area is 75.5 Å². The molecule has 4 N–H and O–H groups in total. The van der Waals surface area contributed by atoms with Crippen molar-refractivity contribution in [1.82, 2.24) is 0 Å². The topological polar surface area (TPSA) is 61.3 Å². The second-order valence-electron chi connectivity index (χ2n) is 4.20. The molecule has 0 saturated carbocycles. The Morgan fingerprint density at radius 3 is 2.42 bits per heavy atom. The van der Waals surface area contributed by atoms with Crippen molar-refractivity contribution in [2.75, 3.05) is 6.61 Å². The number of hydrogen-bond donors (Lipinski definition) is 2. The van der Waals surface area contributed by atoms with E-state index in [9.17, 15) is 0 Å². The van der Waals surface area contributed by atoms with Crippen molar-refractivity contribution in [2.24, 2.45) is 11.5 Å². The Hall–Kier alpha value is 0.0969. The van der Waals surface area contributed by atoms with Crippen molar-refractivity contribution in [3.8, 4) is 0 Å². The normalized spacial score (nSPS) is 26.2. The minimum atomic E-state index is -1.55. The first-order valence-electron chi connectivity index (χ1n) is 4.68. The van der Waals surface area contributed by atoms with Gasteiger partial charge in [-0.05, 0) is 19.3 Å². The Morgan fingerprint density at radius 2 is 2.00 bits per heavy atom. The van der Waals surface area contributed by atoms with Crippen molar-refractivity contribution in [3.05, 3.63) is 0 Å². The van der Waals surface area contributed by atoms with Crippen LogP contribution in [0.5, 0.6) is 0 Å². The average molecular weight is 188 g/mol. The Balaban J connectivity index is 2.53. The molecule has 0 aromatic carbocycles. The lowest BCUT2D eigenvalue weighted by Gasteiger charge is -2.37. The first-order chi connectivity index (χ1) is 5.55. The highest BCUT2D eigenvalue weighted by Gasteiger charge is 2.37. The molecule has 12 heavy (non-hydrogen) atoms. The van der Waals surface area contributed by atoms with Gasteiger partial charge in [-0.3, -0.25) is 0 Å². The molecule has 1 rings (SSSR count). The zero-order valence-electron chi connectivity index (χ0n) is 8.05. The summed E-state index contributed by atoms with van der Waals surface area (Å²) in [5, 5.41) is 0. The minimum absolute atomic E-state index is 0.152. The third-order valence-electron chi connectivity index (χ3n) is 2.87. The summed E-state index contributed by atoms with van der Waals surface area (Å²) < 4.78 is 5.71. The quantitative estimate of drug-likeness (QED) is 0.492. The van der Waals surface area contributed by atoms with Crippen LogP contribution in [0.3, 0.4) is 0 Å². The van der Waals surface area contributed by atoms with Crippen LogP contribution < -0.4 is 11.5 Å². The highest BCUT2D eigenvalue weighted by Crippen LogP contribution is 2.22. The summed E-state index contributed by atoms with van der Waals surface area (Å²) in [5.41, 5.74) is 11.9. The second-order valence-corrected chi connectivity index (χ2v) is 9.16. The minimum Gasteiger partial charge on any atom is -0.381 e. The van der Waals surface area contributed by atoms with Gasteiger partial charge in [0.15, 0.2) is 0 Å². The molecular weight excluding hydrogens is 168 g/mol. The lowest BCUT2D eigenvalue weighted by atomic mass is 10.2. The summed E-state index contributed by atoms with van der Waals surface area (Å²) in [6.45, 7) is 5.33. The first kappa shape index (κ1) is 10.2. The van der Waals surface area contributed by atoms with Crippen LogP contribution in [0.2, 0.25) is 13.1 Å². The standard InChI is InChI=1S/C8H20N2OSi/c1-12(2,8(9)10)7-5-3-4-6-11-7/h7-8H,3-6,9-10H2,1-2H3. The molecule has 1 unspecified atom stereocenters. The molecular formula is C8H20N2OSi. The summed E-state index contributed by atoms with van der Waals surface area (Å²) in [4.78, 5) is 0. The molecule has 4 heteroatoms. The zero-order chi connectivity index (χ0) is 9.19. The lowest BCUT2D eigenvalue weighted by Crippen LogP contribution is -2.62. The molecule has 1 aliphatic heterocycles. The largest absolute Gasteiger partial charge is 0.381 e. The highest BCUT2D eigenvalue weighted by molar-refractivity contribution is 6.79. The van der Waals surface area contributed by atoms with E-state index in [-0.39, 0.29) is 5.79 Å². The van der Waals surface area contributed by atoms with Crippen LogP contribution >= 0.6 is 0 Å². The van der Waals surface area contributed by atoms with Gasteiger partial charge in [-0.25, -0.2) is 0 Å². The number of hydrogen-bond acceptors (Lipinski definition) is 3. The molecule has 1 heterocycles. The fourth-order valence-electron chi connectivity index (χ4n) is 1.54. The van der Waals surface area contributed by atoms with Crippen LogP contribution in [0.1, 0.15) is 19.3 Å². The predicted octanol–water partition coefficient (Wildman–Crippen LogP) is 0.586. The van der Waals surface area contributed by atoms with Crippen molar-refractivity contribution in [1.29, 1.82) is 0 Å². The van der Waals surface area contributed by atoms with Crippen molar-refractivity contribution < 1.29 is 4.74 Å². The van der Waals surface area contributed by atoms with Crippen molar-refractivity contribution >= 4 is 8.07 Å². The van der Waals surface area contributed by atoms with E-state index in [2.05, 4.69) is 13.1 Å². The van der Waals surface area contributed by atoms with Gasteiger partial charge < -0.3 is 16.2 Å². The fourth-order valence-corrected chi connectivity index (χ4v) is 3.47. The Morgan fingerprint density at radius 1 is 1.33 bits per heavy atom. The Bertz CT molecular complexity index is 144. The van der Waals surface area contributed by atoms with E-state index in [4.69, 9.17) is 16.2 Å². The molecule has 0 spiro atoms. The smallest absolute Gasteiger partial charge is 0.117 e. The van der Waals surface area contributed by atoms with Crippen LogP contribution in [0.25, 0.3) is 0 Å². The molecule has 0 aromatic heterocycles. The third-order valence-corrected chi connectivity index (χ3v) is 6.70. The maximum Gasteiger partial charge on any atom is 0.117 e. The average Bonchev–Trinajstić information content (AvgIpc) is 2.06. The molecule has 0 amide bonds. The van der Waals surface area contributed by atoms with Crippen molar-refractivity contribution in [3.63, 3.8) is 0 Å². The molecule has 1 saturated heterocycles. The molecule has 1 fully saturated rings. The molecule has 1 atom stereocenters. The fraction of sp³-hybridized carbons (Fsp3) is 1.00. The SMILES string of the molecule is C[Si](C)(C(N)N)C1CCCCO1. The summed E-state index contributed by atoms with van der Waals surface area (Å²) in [5.74, 6) is -0.152. The molecule has 3 nitrogen and oxygen atoms in total. The van der Waals surface area contributed by atoms with Crippen LogP contribution in [0.4, 0.5) is 0 Å². The maximum atomic E-state index is 5.76. The van der Waals surface area contributed by atoms with Gasteiger partial charge in [0.25, 0.3) is 0 Å². The van der Waals surface area contributed by atoms with Gasteiger partial charge in [-0.2, -0.15) is 0 Å². The van der Waals surface area contributed by atoms with Gasteiger partial charge in [0.2, 0.25) is 0 Å². The molecule has 0 bridgehead atoms. The number of ether oxygens (including phenoxy) is 1. The van der Waals surface area contributed by atoms with Crippen molar-refractivity contribution in [2.45, 2.75) is 43.9 Å². The zero-order valence-corrected chi connectivity index (χ0v) is 9.05. The predicted molar refractivity (Wildman–Crippen MR) is 53.2 cm³/mol. The van der Waals surface area contributed by atoms with Gasteiger partial charge in [0.1, 0.15) is 8.07 Å². The highest BCUT2D eigenvalue weighted by atomic mass is 28.3. The summed E-state index contributed by atoms with van der Waals surface area (Å²) in [7, 11) is -1.55. The lowest BCUT2D eigenvalue weighted by molar-refractivity contribution is 0.0589. The summed E-state index contributed by atoms with van der Waals surface area (Å²) >= 11 is 0. The Kier molecular flexibility index (Phi) is 3.28. The van der Waals surface area contributed by atoms with E-state index in [0.717, 1.165) is 13.0 Å².